The number of nitrogens with zero attached hydrogens (tertiary/aromatic N) is 6. The van der Waals surface area contributed by atoms with E-state index in [0.717, 1.165) is 67.7 Å². The smallest absolute Gasteiger partial charge is 0.128 e. The molecule has 1 aliphatic rings. The molecule has 382 valence electrons. The Hall–Kier alpha value is -0.326. The number of hydrogen-bond donors (Lipinski definition) is 0. The predicted octanol–water partition coefficient (Wildman–Crippen LogP) is 17.7. The van der Waals surface area contributed by atoms with Crippen LogP contribution in [0.1, 0.15) is 182 Å². The van der Waals surface area contributed by atoms with Crippen molar-refractivity contribution in [2.24, 2.45) is 0 Å². The van der Waals surface area contributed by atoms with Crippen LogP contribution in [0.3, 0.4) is 0 Å². The summed E-state index contributed by atoms with van der Waals surface area (Å²) in [5.74, 6) is 0. The molecule has 0 saturated carbocycles. The summed E-state index contributed by atoms with van der Waals surface area (Å²) in [6, 6.07) is 13.0. The molecule has 4 aromatic heterocycles. The fourth-order valence-corrected chi connectivity index (χ4v) is 32.0. The molecular weight excluding hydrogens is 1250 g/mol. The van der Waals surface area contributed by atoms with E-state index >= 15 is 0 Å². The summed E-state index contributed by atoms with van der Waals surface area (Å²) >= 11 is 7.84. The van der Waals surface area contributed by atoms with Crippen LogP contribution >= 0.6 is 54.5 Å². The molecule has 2 aromatic carbocycles. The van der Waals surface area contributed by atoms with Gasteiger partial charge in [0.15, 0.2) is 0 Å². The third kappa shape index (κ3) is 15.4. The van der Waals surface area contributed by atoms with Crippen molar-refractivity contribution in [1.82, 2.24) is 30.0 Å². The second-order valence-corrected chi connectivity index (χ2v) is 61.5. The van der Waals surface area contributed by atoms with Crippen LogP contribution in [0.5, 0.6) is 0 Å². The summed E-state index contributed by atoms with van der Waals surface area (Å²) in [7, 11) is -1.64. The quantitative estimate of drug-likeness (QED) is 0.0333. The van der Waals surface area contributed by atoms with Crippen molar-refractivity contribution in [1.29, 1.82) is 0 Å². The molecule has 6 nitrogen and oxygen atoms in total. The molecule has 6 aromatic rings. The zero-order valence-corrected chi connectivity index (χ0v) is 56.4. The average molecular weight is 1340 g/mol. The van der Waals surface area contributed by atoms with Gasteiger partial charge in [-0.05, 0) is 56.8 Å². The zero-order chi connectivity index (χ0) is 49.6. The Morgan fingerprint density at radius 1 is 0.420 bits per heavy atom. The maximum Gasteiger partial charge on any atom is 0.128 e. The van der Waals surface area contributed by atoms with Gasteiger partial charge in [-0.1, -0.05) is 78.1 Å². The van der Waals surface area contributed by atoms with Gasteiger partial charge in [0, 0.05) is 19.7 Å². The Kier molecular flexibility index (Phi) is 23.5. The van der Waals surface area contributed by atoms with Crippen LogP contribution < -0.4 is 16.2 Å². The number of benzene rings is 2. The number of unbranched alkanes of at least 4 members (excludes halogenated alkanes) is 20. The van der Waals surface area contributed by atoms with Crippen LogP contribution in [0.2, 0.25) is 41.7 Å². The van der Waals surface area contributed by atoms with Gasteiger partial charge in [-0.2, -0.15) is 30.0 Å². The average Bonchev–Trinajstić information content (AvgIpc) is 4.15. The second-order valence-electron chi connectivity index (χ2n) is 22.7. The Labute approximate surface area is 453 Å². The van der Waals surface area contributed by atoms with Gasteiger partial charge in [0.2, 0.25) is 0 Å². The van der Waals surface area contributed by atoms with Gasteiger partial charge in [0.05, 0.1) is 13.1 Å². The van der Waals surface area contributed by atoms with Crippen LogP contribution in [0.4, 0.5) is 0 Å². The first-order chi connectivity index (χ1) is 33.2. The minimum Gasteiger partial charge on any atom is -0.184 e. The summed E-state index contributed by atoms with van der Waals surface area (Å²) < 4.78 is 5.59. The van der Waals surface area contributed by atoms with Crippen molar-refractivity contribution in [2.75, 3.05) is 0 Å². The first-order valence-electron chi connectivity index (χ1n) is 27.9. The number of thiophene rings is 2. The number of hydrogen-bond acceptors (Lipinski definition) is 6. The van der Waals surface area contributed by atoms with E-state index in [4.69, 9.17) is 20.4 Å². The van der Waals surface area contributed by atoms with E-state index in [-0.39, 0.29) is 0 Å². The molecule has 0 N–H and O–H groups in total. The molecule has 13 heteroatoms. The maximum absolute atomic E-state index is 4.88. The fraction of sp³-hybridized carbons (Fsp3) is 0.679. The first kappa shape index (κ1) is 57.9. The molecule has 0 spiro atoms. The van der Waals surface area contributed by atoms with Crippen LogP contribution in [0, 0.1) is 0 Å². The van der Waals surface area contributed by atoms with Crippen molar-refractivity contribution in [3.05, 3.63) is 33.2 Å². The van der Waals surface area contributed by atoms with Gasteiger partial charge in [-0.3, -0.25) is 0 Å². The van der Waals surface area contributed by atoms with Crippen molar-refractivity contribution >= 4 is 148 Å². The first-order valence-corrected chi connectivity index (χ1v) is 53.5. The number of rotatable bonds is 30. The molecule has 0 radical (unpaired) electrons. The monoisotopic (exact) mass is 1340 g/mol. The molecule has 69 heavy (non-hydrogen) atoms. The molecule has 0 bridgehead atoms. The molecule has 0 aliphatic carbocycles. The molecule has 0 atom stereocenters. The normalized spacial score (nSPS) is 13.5. The van der Waals surface area contributed by atoms with Crippen LogP contribution in [-0.2, 0) is 13.1 Å². The van der Waals surface area contributed by atoms with E-state index in [1.165, 1.54) is 153 Å². The molecule has 5 heterocycles. The van der Waals surface area contributed by atoms with Crippen molar-refractivity contribution in [2.45, 2.75) is 237 Å². The third-order valence-electron chi connectivity index (χ3n) is 14.6. The molecule has 1 aliphatic heterocycles. The summed E-state index contributed by atoms with van der Waals surface area (Å²) in [5.41, 5.74) is 3.65. The van der Waals surface area contributed by atoms with Gasteiger partial charge in [-0.25, -0.2) is 0 Å². The van der Waals surface area contributed by atoms with Gasteiger partial charge in [0.25, 0.3) is 0 Å². The van der Waals surface area contributed by atoms with Crippen molar-refractivity contribution in [3.8, 4) is 9.75 Å². The summed E-state index contributed by atoms with van der Waals surface area (Å²) in [5, 5.41) is 25.3. The van der Waals surface area contributed by atoms with E-state index in [9.17, 15) is 0 Å². The topological polar surface area (TPSA) is 61.4 Å². The molecule has 0 amide bonds. The van der Waals surface area contributed by atoms with E-state index in [1.54, 1.807) is 9.75 Å². The van der Waals surface area contributed by atoms with Gasteiger partial charge >= 0.3 is 238 Å². The Balaban J connectivity index is 0.000000227. The molecule has 0 unspecified atom stereocenters. The predicted molar refractivity (Wildman–Crippen MR) is 323 cm³/mol. The van der Waals surface area contributed by atoms with E-state index in [2.05, 4.69) is 136 Å². The summed E-state index contributed by atoms with van der Waals surface area (Å²) in [6.07, 6.45) is 32.4. The van der Waals surface area contributed by atoms with Gasteiger partial charge in [-0.15, -0.1) is 0 Å². The largest absolute Gasteiger partial charge is 0.184 e. The minimum atomic E-state index is -2.08. The second kappa shape index (κ2) is 28.0. The standard InChI is InChI=1S/C26H36Br2N6.C24H36S2Si.6CH3.2Sn/c1-3-5-7-9-11-13-15-33-29-23-19-17-22(28)26-24(20(19)18-21(27)25(23)31-33)30-34(32-26)16-14-12-10-8-6-4-2;1-3-5-7-9-11-13-19-27(20-14-12-10-8-6-4-2)21-15-17-25-23(21)24-22(27)16-18-26-24;;;;;;;;/h17-18H,3-16H2,1-2H3;15-16H,3-14,19-20H2,1-2H3;6*1H3;;. The van der Waals surface area contributed by atoms with E-state index in [0.29, 0.717) is 0 Å². The SMILES string of the molecule is CCCCCCCC[Si]1(CCCCCCCC)c2c[c]([Sn]([CH3])([CH3])[CH3])sc2-c2s[c]([Sn]([CH3])([CH3])[CH3])cc21.CCCCCCCCn1nc2c(Br)cc3c(cc(Br)c4nn(CCCCCCCC)nc43)c2n1. The van der Waals surface area contributed by atoms with Gasteiger partial charge < -0.3 is 0 Å². The number of aromatic nitrogens is 6. The Morgan fingerprint density at radius 3 is 1.06 bits per heavy atom. The Bertz CT molecular complexity index is 2340. The van der Waals surface area contributed by atoms with Crippen molar-refractivity contribution < 1.29 is 0 Å². The molecular formula is C56H90Br2N6S2SiSn2. The van der Waals surface area contributed by atoms with E-state index in [1.807, 2.05) is 25.8 Å². The Morgan fingerprint density at radius 2 is 0.725 bits per heavy atom. The molecule has 7 rings (SSSR count). The third-order valence-corrected chi connectivity index (χ3v) is 42.7. The van der Waals surface area contributed by atoms with Crippen LogP contribution in [-0.4, -0.2) is 74.8 Å². The summed E-state index contributed by atoms with van der Waals surface area (Å²) in [4.78, 5) is 23.1. The maximum atomic E-state index is 4.88. The number of fused-ring (bicyclic) bond motifs is 8. The zero-order valence-electron chi connectivity index (χ0n) is 44.9. The fourth-order valence-electron chi connectivity index (χ4n) is 10.4. The van der Waals surface area contributed by atoms with Crippen LogP contribution in [0.15, 0.2) is 33.2 Å². The van der Waals surface area contributed by atoms with E-state index < -0.39 is 44.8 Å². The summed E-state index contributed by atoms with van der Waals surface area (Å²) in [6.45, 7) is 10.9. The molecule has 0 fully saturated rings. The number of halogens is 2. The van der Waals surface area contributed by atoms with Gasteiger partial charge in [0.1, 0.15) is 22.1 Å². The number of aryl methyl sites for hydroxylation is 2. The van der Waals surface area contributed by atoms with Crippen molar-refractivity contribution in [3.63, 3.8) is 0 Å². The van der Waals surface area contributed by atoms with Crippen LogP contribution in [0.25, 0.3) is 42.6 Å². The molecule has 0 saturated heterocycles. The minimum absolute atomic E-state index is 0.854.